The number of hydrogen-bond donors (Lipinski definition) is 3. The first-order chi connectivity index (χ1) is 15.9. The van der Waals surface area contributed by atoms with Crippen molar-refractivity contribution < 1.29 is 31.7 Å². The summed E-state index contributed by atoms with van der Waals surface area (Å²) in [5.41, 5.74) is 1.69. The predicted molar refractivity (Wildman–Crippen MR) is 127 cm³/mol. The van der Waals surface area contributed by atoms with Gasteiger partial charge < -0.3 is 14.8 Å². The molecule has 14 heteroatoms. The molecule has 1 aliphatic rings. The van der Waals surface area contributed by atoms with Crippen LogP contribution in [0.4, 0.5) is 4.39 Å². The van der Waals surface area contributed by atoms with Gasteiger partial charge in [0.1, 0.15) is 16.5 Å². The molecule has 0 bridgehead atoms. The summed E-state index contributed by atoms with van der Waals surface area (Å²) in [7, 11) is -8.63. The summed E-state index contributed by atoms with van der Waals surface area (Å²) in [5, 5.41) is 0.0339. The van der Waals surface area contributed by atoms with Crippen molar-refractivity contribution in [1.82, 2.24) is 14.3 Å². The van der Waals surface area contributed by atoms with E-state index in [-0.39, 0.29) is 35.8 Å². The van der Waals surface area contributed by atoms with Crippen molar-refractivity contribution in [2.45, 2.75) is 23.8 Å². The zero-order valence-corrected chi connectivity index (χ0v) is 21.4. The Morgan fingerprint density at radius 1 is 1.18 bits per heavy atom. The molecular weight excluding hydrogens is 576 g/mol. The number of aromatic amines is 1. The van der Waals surface area contributed by atoms with E-state index in [2.05, 4.69) is 30.4 Å². The number of imidazole rings is 1. The second-order valence-corrected chi connectivity index (χ2v) is 12.0. The van der Waals surface area contributed by atoms with E-state index in [0.29, 0.717) is 27.1 Å². The first-order valence-corrected chi connectivity index (χ1v) is 14.1. The van der Waals surface area contributed by atoms with Gasteiger partial charge in [0.15, 0.2) is 0 Å². The van der Waals surface area contributed by atoms with Crippen LogP contribution in [0, 0.1) is 5.82 Å². The number of benzene rings is 2. The minimum absolute atomic E-state index is 0.0257. The highest BCUT2D eigenvalue weighted by Gasteiger charge is 2.33. The highest BCUT2D eigenvalue weighted by atomic mass is 79.9. The maximum Gasteiger partial charge on any atom is 0.469 e. The highest BCUT2D eigenvalue weighted by Crippen LogP contribution is 2.40. The molecule has 0 amide bonds. The quantitative estimate of drug-likeness (QED) is 0.356. The van der Waals surface area contributed by atoms with Crippen LogP contribution in [0.1, 0.15) is 12.8 Å². The van der Waals surface area contributed by atoms with Crippen molar-refractivity contribution in [2.24, 2.45) is 0 Å². The van der Waals surface area contributed by atoms with Gasteiger partial charge in [-0.3, -0.25) is 4.52 Å². The Morgan fingerprint density at radius 3 is 2.50 bits per heavy atom. The molecule has 1 fully saturated rings. The number of phosphoric acid groups is 1. The van der Waals surface area contributed by atoms with Gasteiger partial charge in [0.05, 0.1) is 21.3 Å². The maximum absolute atomic E-state index is 13.5. The fraction of sp³-hybridized carbons (Fsp3) is 0.250. The summed E-state index contributed by atoms with van der Waals surface area (Å²) in [6.45, 7) is 0.0514. The molecule has 0 saturated carbocycles. The van der Waals surface area contributed by atoms with Crippen LogP contribution in [0.25, 0.3) is 22.6 Å². The third-order valence-electron chi connectivity index (χ3n) is 5.30. The van der Waals surface area contributed by atoms with Crippen LogP contribution < -0.4 is 0 Å². The van der Waals surface area contributed by atoms with Gasteiger partial charge in [-0.15, -0.1) is 0 Å². The molecule has 3 aromatic rings. The van der Waals surface area contributed by atoms with Crippen molar-refractivity contribution in [3.05, 3.63) is 57.9 Å². The minimum atomic E-state index is -4.65. The molecule has 2 heterocycles. The molecule has 4 rings (SSSR count). The summed E-state index contributed by atoms with van der Waals surface area (Å²) >= 11 is 9.38. The van der Waals surface area contributed by atoms with Gasteiger partial charge in [-0.2, -0.15) is 4.31 Å². The summed E-state index contributed by atoms with van der Waals surface area (Å²) in [6, 6.07) is 8.99. The number of H-pyrrole nitrogens is 1. The lowest BCUT2D eigenvalue weighted by Gasteiger charge is -2.31. The van der Waals surface area contributed by atoms with Crippen molar-refractivity contribution in [2.75, 3.05) is 13.1 Å². The molecule has 3 N–H and O–H groups in total. The Kier molecular flexibility index (Phi) is 7.33. The second kappa shape index (κ2) is 9.79. The molecule has 1 aliphatic heterocycles. The van der Waals surface area contributed by atoms with E-state index in [1.165, 1.54) is 22.5 Å². The first kappa shape index (κ1) is 25.5. The first-order valence-electron chi connectivity index (χ1n) is 9.99. The standard InChI is InChI=1S/C20H19BrClFN3O6PS/c21-15-9-12(2-4-17(15)23)18-11-24-20(25-18)13-1-3-16(22)19(10-13)34(30,31)26-7-5-14(6-8-26)32-33(27,28)29/h1-4,9-11,14H,5-8H2,(H,24,25)(H2,27,28,29). The van der Waals surface area contributed by atoms with E-state index in [1.54, 1.807) is 24.4 Å². The Balaban J connectivity index is 1.57. The summed E-state index contributed by atoms with van der Waals surface area (Å²) in [5.74, 6) is 0.00158. The number of nitrogens with one attached hydrogen (secondary N) is 1. The number of phosphoric ester groups is 1. The predicted octanol–water partition coefficient (Wildman–Crippen LogP) is 4.56. The Bertz CT molecular complexity index is 1370. The Labute approximate surface area is 208 Å². The lowest BCUT2D eigenvalue weighted by molar-refractivity contribution is 0.0931. The fourth-order valence-electron chi connectivity index (χ4n) is 3.63. The lowest BCUT2D eigenvalue weighted by Crippen LogP contribution is -2.40. The number of aromatic nitrogens is 2. The van der Waals surface area contributed by atoms with Crippen molar-refractivity contribution >= 4 is 45.4 Å². The topological polar surface area (TPSA) is 133 Å². The fourth-order valence-corrected chi connectivity index (χ4v) is 6.58. The monoisotopic (exact) mass is 593 g/mol. The molecule has 2 aromatic carbocycles. The molecule has 0 radical (unpaired) electrons. The molecule has 0 spiro atoms. The van der Waals surface area contributed by atoms with Gasteiger partial charge in [0.25, 0.3) is 0 Å². The third-order valence-corrected chi connectivity index (χ3v) is 8.86. The van der Waals surface area contributed by atoms with Crippen LogP contribution in [0.3, 0.4) is 0 Å². The zero-order chi connectivity index (χ0) is 24.7. The number of hydrogen-bond acceptors (Lipinski definition) is 5. The van der Waals surface area contributed by atoms with Gasteiger partial charge >= 0.3 is 7.82 Å². The zero-order valence-electron chi connectivity index (χ0n) is 17.4. The summed E-state index contributed by atoms with van der Waals surface area (Å²) in [4.78, 5) is 25.3. The lowest BCUT2D eigenvalue weighted by atomic mass is 10.1. The molecule has 34 heavy (non-hydrogen) atoms. The smallest absolute Gasteiger partial charge is 0.344 e. The summed E-state index contributed by atoms with van der Waals surface area (Å²) < 4.78 is 57.3. The second-order valence-electron chi connectivity index (χ2n) is 7.61. The van der Waals surface area contributed by atoms with Gasteiger partial charge in [0.2, 0.25) is 10.0 Å². The Morgan fingerprint density at radius 2 is 1.85 bits per heavy atom. The Hall–Kier alpha value is -1.63. The largest absolute Gasteiger partial charge is 0.469 e. The normalized spacial score (nSPS) is 16.1. The van der Waals surface area contributed by atoms with E-state index in [4.69, 9.17) is 21.4 Å². The number of halogens is 3. The van der Waals surface area contributed by atoms with Crippen LogP contribution in [-0.4, -0.2) is 51.7 Å². The average molecular weight is 595 g/mol. The van der Waals surface area contributed by atoms with Crippen molar-refractivity contribution in [3.63, 3.8) is 0 Å². The molecule has 0 atom stereocenters. The molecule has 1 saturated heterocycles. The van der Waals surface area contributed by atoms with E-state index >= 15 is 0 Å². The minimum Gasteiger partial charge on any atom is -0.344 e. The molecule has 0 unspecified atom stereocenters. The van der Waals surface area contributed by atoms with Gasteiger partial charge in [-0.05, 0) is 65.2 Å². The van der Waals surface area contributed by atoms with Crippen molar-refractivity contribution in [3.8, 4) is 22.6 Å². The molecular formula is C20H19BrClFN3O6PS. The van der Waals surface area contributed by atoms with Crippen LogP contribution in [0.5, 0.6) is 0 Å². The summed E-state index contributed by atoms with van der Waals surface area (Å²) in [6.07, 6.45) is 1.17. The van der Waals surface area contributed by atoms with Crippen LogP contribution >= 0.6 is 35.4 Å². The number of rotatable bonds is 6. The number of nitrogens with zero attached hydrogens (tertiary/aromatic N) is 2. The van der Waals surface area contributed by atoms with Gasteiger partial charge in [-0.1, -0.05) is 11.6 Å². The van der Waals surface area contributed by atoms with E-state index in [1.807, 2.05) is 0 Å². The number of piperidine rings is 1. The molecule has 0 aliphatic carbocycles. The van der Waals surface area contributed by atoms with Crippen LogP contribution in [0.15, 0.2) is 52.0 Å². The average Bonchev–Trinajstić information content (AvgIpc) is 3.25. The maximum atomic E-state index is 13.5. The number of sulfonamides is 1. The molecule has 1 aromatic heterocycles. The van der Waals surface area contributed by atoms with Crippen LogP contribution in [0.2, 0.25) is 5.02 Å². The SMILES string of the molecule is O=P(O)(O)OC1CCN(S(=O)(=O)c2cc(-c3nc(-c4ccc(F)c(Br)c4)c[nH]3)ccc2Cl)CC1. The van der Waals surface area contributed by atoms with Crippen molar-refractivity contribution in [1.29, 1.82) is 0 Å². The molecule has 182 valence electrons. The van der Waals surface area contributed by atoms with Gasteiger partial charge in [-0.25, -0.2) is 22.4 Å². The molecule has 9 nitrogen and oxygen atoms in total. The third kappa shape index (κ3) is 5.60. The van der Waals surface area contributed by atoms with E-state index in [9.17, 15) is 17.4 Å². The highest BCUT2D eigenvalue weighted by molar-refractivity contribution is 9.10. The van der Waals surface area contributed by atoms with E-state index < -0.39 is 29.8 Å². The van der Waals surface area contributed by atoms with Crippen LogP contribution in [-0.2, 0) is 19.1 Å². The van der Waals surface area contributed by atoms with E-state index in [0.717, 1.165) is 0 Å². The van der Waals surface area contributed by atoms with Gasteiger partial charge in [0, 0.05) is 30.4 Å².